The van der Waals surface area contributed by atoms with Crippen LogP contribution in [0.5, 0.6) is 23.0 Å². The Morgan fingerprint density at radius 2 is 1.23 bits per heavy atom. The molecular weight excluding hydrogens is 442 g/mol. The quantitative estimate of drug-likeness (QED) is 0.229. The third-order valence-electron chi connectivity index (χ3n) is 5.96. The van der Waals surface area contributed by atoms with Gasteiger partial charge < -0.3 is 9.47 Å². The normalized spacial score (nSPS) is 12.4. The molecule has 0 saturated carbocycles. The summed E-state index contributed by atoms with van der Waals surface area (Å²) in [5.74, 6) is 4.82. The lowest BCUT2D eigenvalue weighted by Crippen LogP contribution is -2.19. The van der Waals surface area contributed by atoms with Gasteiger partial charge in [-0.3, -0.25) is 0 Å². The summed E-state index contributed by atoms with van der Waals surface area (Å²) in [6, 6.07) is 27.5. The molecular formula is C31H26F2O2. The Labute approximate surface area is 205 Å². The Hall–Kier alpha value is -4.10. The van der Waals surface area contributed by atoms with Crippen LogP contribution in [-0.4, -0.2) is 0 Å². The molecule has 4 heteroatoms. The van der Waals surface area contributed by atoms with Crippen LogP contribution in [0.4, 0.5) is 8.78 Å². The van der Waals surface area contributed by atoms with E-state index in [9.17, 15) is 8.78 Å². The predicted molar refractivity (Wildman–Crippen MR) is 135 cm³/mol. The molecule has 2 nitrogen and oxygen atoms in total. The summed E-state index contributed by atoms with van der Waals surface area (Å²) >= 11 is 0. The summed E-state index contributed by atoms with van der Waals surface area (Å²) < 4.78 is 38.1. The van der Waals surface area contributed by atoms with Crippen molar-refractivity contribution in [2.45, 2.75) is 31.6 Å². The van der Waals surface area contributed by atoms with Crippen LogP contribution in [0.2, 0.25) is 0 Å². The van der Waals surface area contributed by atoms with E-state index in [1.165, 1.54) is 29.8 Å². The van der Waals surface area contributed by atoms with Crippen molar-refractivity contribution in [2.75, 3.05) is 0 Å². The molecule has 1 unspecified atom stereocenters. The van der Waals surface area contributed by atoms with Crippen molar-refractivity contribution in [3.05, 3.63) is 120 Å². The second-order valence-corrected chi connectivity index (χ2v) is 8.61. The van der Waals surface area contributed by atoms with Gasteiger partial charge in [-0.2, -0.15) is 0 Å². The Balaban J connectivity index is 1.32. The van der Waals surface area contributed by atoms with Crippen molar-refractivity contribution >= 4 is 0 Å². The molecule has 176 valence electrons. The Morgan fingerprint density at radius 3 is 1.77 bits per heavy atom. The average molecular weight is 469 g/mol. The van der Waals surface area contributed by atoms with Gasteiger partial charge in [-0.15, -0.1) is 6.42 Å². The van der Waals surface area contributed by atoms with E-state index in [0.29, 0.717) is 23.0 Å². The third kappa shape index (κ3) is 6.49. The molecule has 4 aromatic rings. The van der Waals surface area contributed by atoms with Crippen molar-refractivity contribution in [3.8, 4) is 35.3 Å². The third-order valence-corrected chi connectivity index (χ3v) is 5.96. The van der Waals surface area contributed by atoms with E-state index in [1.807, 2.05) is 49.4 Å². The highest BCUT2D eigenvalue weighted by Gasteiger charge is 2.23. The van der Waals surface area contributed by atoms with E-state index in [1.54, 1.807) is 30.3 Å². The second-order valence-electron chi connectivity index (χ2n) is 8.61. The zero-order valence-electron chi connectivity index (χ0n) is 19.5. The zero-order chi connectivity index (χ0) is 24.7. The van der Waals surface area contributed by atoms with Gasteiger partial charge >= 0.3 is 0 Å². The maximum absolute atomic E-state index is 13.3. The highest BCUT2D eigenvalue weighted by molar-refractivity contribution is 5.40. The van der Waals surface area contributed by atoms with Crippen LogP contribution in [-0.2, 0) is 11.8 Å². The van der Waals surface area contributed by atoms with Crippen LogP contribution < -0.4 is 9.47 Å². The smallest absolute Gasteiger partial charge is 0.131 e. The fraction of sp³-hybridized carbons (Fsp3) is 0.161. The van der Waals surface area contributed by atoms with Gasteiger partial charge in [0.25, 0.3) is 0 Å². The van der Waals surface area contributed by atoms with Crippen LogP contribution in [0, 0.1) is 24.0 Å². The van der Waals surface area contributed by atoms with Crippen molar-refractivity contribution in [1.29, 1.82) is 0 Å². The van der Waals surface area contributed by atoms with E-state index in [0.717, 1.165) is 24.8 Å². The van der Waals surface area contributed by atoms with E-state index in [-0.39, 0.29) is 11.6 Å². The van der Waals surface area contributed by atoms with Crippen LogP contribution in [0.1, 0.15) is 30.9 Å². The minimum Gasteiger partial charge on any atom is -0.457 e. The largest absolute Gasteiger partial charge is 0.457 e. The molecule has 0 aliphatic heterocycles. The molecule has 0 heterocycles. The summed E-state index contributed by atoms with van der Waals surface area (Å²) in [6.07, 6.45) is 8.40. The van der Waals surface area contributed by atoms with Crippen LogP contribution in [0.15, 0.2) is 97.1 Å². The van der Waals surface area contributed by atoms with Gasteiger partial charge in [0, 0.05) is 6.07 Å². The summed E-state index contributed by atoms with van der Waals surface area (Å²) in [5, 5.41) is 0. The minimum atomic E-state index is -0.433. The summed E-state index contributed by atoms with van der Waals surface area (Å²) in [6.45, 7) is 2.02. The molecule has 35 heavy (non-hydrogen) atoms. The van der Waals surface area contributed by atoms with E-state index in [4.69, 9.17) is 15.9 Å². The van der Waals surface area contributed by atoms with E-state index in [2.05, 4.69) is 5.92 Å². The Bertz CT molecular complexity index is 1290. The lowest BCUT2D eigenvalue weighted by atomic mass is 9.78. The number of ether oxygens (including phenoxy) is 2. The first-order valence-corrected chi connectivity index (χ1v) is 11.5. The second kappa shape index (κ2) is 10.9. The highest BCUT2D eigenvalue weighted by Crippen LogP contribution is 2.31. The van der Waals surface area contributed by atoms with Crippen LogP contribution >= 0.6 is 0 Å². The van der Waals surface area contributed by atoms with Gasteiger partial charge in [-0.05, 0) is 98.0 Å². The maximum Gasteiger partial charge on any atom is 0.131 e. The first kappa shape index (κ1) is 24.0. The highest BCUT2D eigenvalue weighted by atomic mass is 19.1. The molecule has 0 saturated heterocycles. The SMILES string of the molecule is C#CC(C)(CCCc1ccc(Oc2cccc(Oc3ccc(F)cc3)c2)cc1)c1ccc(F)cc1. The molecule has 0 N–H and O–H groups in total. The standard InChI is InChI=1S/C31H26F2O2/c1-3-31(2,24-11-13-25(32)14-12-24)21-5-6-23-9-17-27(18-10-23)34-29-7-4-8-30(22-29)35-28-19-15-26(33)16-20-28/h1,4,7-20,22H,5-6,21H2,2H3. The number of halogens is 2. The molecule has 0 spiro atoms. The lowest BCUT2D eigenvalue weighted by Gasteiger charge is -2.24. The lowest BCUT2D eigenvalue weighted by molar-refractivity contribution is 0.459. The minimum absolute atomic E-state index is 0.262. The number of terminal acetylenes is 1. The molecule has 0 aliphatic carbocycles. The zero-order valence-corrected chi connectivity index (χ0v) is 19.5. The predicted octanol–water partition coefficient (Wildman–Crippen LogP) is 8.46. The molecule has 0 aliphatic rings. The van der Waals surface area contributed by atoms with Gasteiger partial charge in [0.15, 0.2) is 0 Å². The van der Waals surface area contributed by atoms with Gasteiger partial charge in [-0.1, -0.05) is 36.3 Å². The summed E-state index contributed by atoms with van der Waals surface area (Å²) in [7, 11) is 0. The number of hydrogen-bond donors (Lipinski definition) is 0. The number of aryl methyl sites for hydroxylation is 1. The first-order chi connectivity index (χ1) is 16.9. The molecule has 0 fully saturated rings. The van der Waals surface area contributed by atoms with Crippen molar-refractivity contribution in [3.63, 3.8) is 0 Å². The molecule has 4 rings (SSSR count). The van der Waals surface area contributed by atoms with Gasteiger partial charge in [0.1, 0.15) is 34.6 Å². The Kier molecular flexibility index (Phi) is 7.48. The summed E-state index contributed by atoms with van der Waals surface area (Å²) in [5.41, 5.74) is 1.71. The molecule has 0 aromatic heterocycles. The van der Waals surface area contributed by atoms with Crippen molar-refractivity contribution < 1.29 is 18.3 Å². The Morgan fingerprint density at radius 1 is 0.714 bits per heavy atom. The van der Waals surface area contributed by atoms with Crippen molar-refractivity contribution in [1.82, 2.24) is 0 Å². The molecule has 0 amide bonds. The number of hydrogen-bond acceptors (Lipinski definition) is 2. The van der Waals surface area contributed by atoms with Crippen LogP contribution in [0.25, 0.3) is 0 Å². The van der Waals surface area contributed by atoms with Crippen molar-refractivity contribution in [2.24, 2.45) is 0 Å². The molecule has 4 aromatic carbocycles. The number of benzene rings is 4. The first-order valence-electron chi connectivity index (χ1n) is 11.5. The topological polar surface area (TPSA) is 18.5 Å². The van der Waals surface area contributed by atoms with Gasteiger partial charge in [0.2, 0.25) is 0 Å². The molecule has 0 bridgehead atoms. The van der Waals surface area contributed by atoms with Crippen LogP contribution in [0.3, 0.4) is 0 Å². The van der Waals surface area contributed by atoms with E-state index < -0.39 is 5.41 Å². The maximum atomic E-state index is 13.3. The van der Waals surface area contributed by atoms with Gasteiger partial charge in [-0.25, -0.2) is 8.78 Å². The molecule has 1 atom stereocenters. The van der Waals surface area contributed by atoms with E-state index >= 15 is 0 Å². The monoisotopic (exact) mass is 468 g/mol. The fourth-order valence-corrected chi connectivity index (χ4v) is 3.86. The van der Waals surface area contributed by atoms with Gasteiger partial charge in [0.05, 0.1) is 5.41 Å². The molecule has 0 radical (unpaired) electrons. The summed E-state index contributed by atoms with van der Waals surface area (Å²) in [4.78, 5) is 0. The number of rotatable bonds is 9. The average Bonchev–Trinajstić information content (AvgIpc) is 2.87. The fourth-order valence-electron chi connectivity index (χ4n) is 3.86.